The van der Waals surface area contributed by atoms with Crippen LogP contribution in [0.1, 0.15) is 43.5 Å². The minimum atomic E-state index is 0.150. The first-order valence-corrected chi connectivity index (χ1v) is 6.97. The minimum Gasteiger partial charge on any atom is -0.325 e. The van der Waals surface area contributed by atoms with E-state index in [1.165, 1.54) is 24.3 Å². The smallest absolute Gasteiger partial charge is 0.0965 e. The molecule has 3 N–H and O–H groups in total. The van der Waals surface area contributed by atoms with E-state index in [9.17, 15) is 0 Å². The standard InChI is InChI=1S/C12H21N3S/c1-10(11-15-7-8-16-11)9-14-6-5-12(13)3-2-4-12/h7-8,10,14H,2-6,9,13H2,1H3. The number of nitrogens with one attached hydrogen (secondary N) is 1. The number of hydrogen-bond donors (Lipinski definition) is 2. The molecule has 1 aliphatic rings. The van der Waals surface area contributed by atoms with Crippen LogP contribution in [0.5, 0.6) is 0 Å². The molecule has 0 radical (unpaired) electrons. The molecule has 1 heterocycles. The van der Waals surface area contributed by atoms with E-state index in [2.05, 4.69) is 17.2 Å². The van der Waals surface area contributed by atoms with Gasteiger partial charge < -0.3 is 11.1 Å². The van der Waals surface area contributed by atoms with E-state index in [-0.39, 0.29) is 5.54 Å². The molecule has 0 spiro atoms. The Hall–Kier alpha value is -0.450. The lowest BCUT2D eigenvalue weighted by Gasteiger charge is -2.38. The Morgan fingerprint density at radius 3 is 3.00 bits per heavy atom. The molecule has 1 aliphatic carbocycles. The summed E-state index contributed by atoms with van der Waals surface area (Å²) < 4.78 is 0. The van der Waals surface area contributed by atoms with Crippen molar-refractivity contribution >= 4 is 11.3 Å². The zero-order valence-corrected chi connectivity index (χ0v) is 10.7. The topological polar surface area (TPSA) is 50.9 Å². The zero-order valence-electron chi connectivity index (χ0n) is 9.91. The van der Waals surface area contributed by atoms with Crippen LogP contribution in [-0.4, -0.2) is 23.6 Å². The van der Waals surface area contributed by atoms with Gasteiger partial charge in [0.05, 0.1) is 5.01 Å². The third kappa shape index (κ3) is 3.03. The van der Waals surface area contributed by atoms with E-state index in [4.69, 9.17) is 5.73 Å². The van der Waals surface area contributed by atoms with Gasteiger partial charge in [-0.05, 0) is 32.2 Å². The second-order valence-corrected chi connectivity index (χ2v) is 5.87. The van der Waals surface area contributed by atoms with Crippen molar-refractivity contribution in [3.8, 4) is 0 Å². The highest BCUT2D eigenvalue weighted by Crippen LogP contribution is 2.31. The summed E-state index contributed by atoms with van der Waals surface area (Å²) in [7, 11) is 0. The molecular formula is C12H21N3S. The fourth-order valence-corrected chi connectivity index (χ4v) is 2.80. The van der Waals surface area contributed by atoms with Crippen LogP contribution in [0.4, 0.5) is 0 Å². The molecule has 2 rings (SSSR count). The van der Waals surface area contributed by atoms with Gasteiger partial charge in [-0.25, -0.2) is 4.98 Å². The fraction of sp³-hybridized carbons (Fsp3) is 0.750. The molecule has 1 atom stereocenters. The van der Waals surface area contributed by atoms with E-state index in [0.717, 1.165) is 19.5 Å². The predicted molar refractivity (Wildman–Crippen MR) is 68.8 cm³/mol. The molecular weight excluding hydrogens is 218 g/mol. The molecule has 3 nitrogen and oxygen atoms in total. The van der Waals surface area contributed by atoms with Gasteiger partial charge in [-0.1, -0.05) is 6.92 Å². The molecule has 16 heavy (non-hydrogen) atoms. The van der Waals surface area contributed by atoms with Gasteiger partial charge in [0.15, 0.2) is 0 Å². The van der Waals surface area contributed by atoms with E-state index in [1.807, 2.05) is 11.6 Å². The fourth-order valence-electron chi connectivity index (χ4n) is 2.10. The summed E-state index contributed by atoms with van der Waals surface area (Å²) in [4.78, 5) is 4.32. The summed E-state index contributed by atoms with van der Waals surface area (Å²) in [6.45, 7) is 4.25. The maximum atomic E-state index is 6.16. The van der Waals surface area contributed by atoms with E-state index < -0.39 is 0 Å². The molecule has 4 heteroatoms. The van der Waals surface area contributed by atoms with Gasteiger partial charge in [0, 0.05) is 29.6 Å². The van der Waals surface area contributed by atoms with Gasteiger partial charge >= 0.3 is 0 Å². The zero-order chi connectivity index (χ0) is 11.4. The Morgan fingerprint density at radius 1 is 1.62 bits per heavy atom. The summed E-state index contributed by atoms with van der Waals surface area (Å²) in [5.41, 5.74) is 6.31. The van der Waals surface area contributed by atoms with Crippen molar-refractivity contribution in [1.29, 1.82) is 0 Å². The SMILES string of the molecule is CC(CNCCC1(N)CCC1)c1nccs1. The summed E-state index contributed by atoms with van der Waals surface area (Å²) in [6.07, 6.45) is 6.71. The van der Waals surface area contributed by atoms with Crippen molar-refractivity contribution in [2.75, 3.05) is 13.1 Å². The van der Waals surface area contributed by atoms with Gasteiger partial charge in [-0.15, -0.1) is 11.3 Å². The van der Waals surface area contributed by atoms with Crippen molar-refractivity contribution in [1.82, 2.24) is 10.3 Å². The van der Waals surface area contributed by atoms with Gasteiger partial charge in [0.25, 0.3) is 0 Å². The third-order valence-corrected chi connectivity index (χ3v) is 4.48. The average molecular weight is 239 g/mol. The van der Waals surface area contributed by atoms with Crippen molar-refractivity contribution in [3.63, 3.8) is 0 Å². The number of hydrogen-bond acceptors (Lipinski definition) is 4. The molecule has 90 valence electrons. The molecule has 0 aliphatic heterocycles. The largest absolute Gasteiger partial charge is 0.325 e. The van der Waals surface area contributed by atoms with Crippen LogP contribution in [0.2, 0.25) is 0 Å². The molecule has 0 bridgehead atoms. The summed E-state index contributed by atoms with van der Waals surface area (Å²) in [5.74, 6) is 0.509. The first-order valence-electron chi connectivity index (χ1n) is 6.09. The molecule has 1 aromatic heterocycles. The Morgan fingerprint density at radius 2 is 2.44 bits per heavy atom. The molecule has 0 aromatic carbocycles. The normalized spacial score (nSPS) is 20.4. The molecule has 0 amide bonds. The number of aromatic nitrogens is 1. The highest BCUT2D eigenvalue weighted by atomic mass is 32.1. The van der Waals surface area contributed by atoms with E-state index in [0.29, 0.717) is 5.92 Å². The molecule has 1 fully saturated rings. The van der Waals surface area contributed by atoms with Crippen molar-refractivity contribution in [2.45, 2.75) is 44.1 Å². The van der Waals surface area contributed by atoms with Crippen LogP contribution in [0, 0.1) is 0 Å². The minimum absolute atomic E-state index is 0.150. The lowest BCUT2D eigenvalue weighted by molar-refractivity contribution is 0.229. The summed E-state index contributed by atoms with van der Waals surface area (Å²) in [6, 6.07) is 0. The summed E-state index contributed by atoms with van der Waals surface area (Å²) >= 11 is 1.73. The highest BCUT2D eigenvalue weighted by molar-refractivity contribution is 7.09. The van der Waals surface area contributed by atoms with Gasteiger partial charge in [-0.3, -0.25) is 0 Å². The third-order valence-electron chi connectivity index (χ3n) is 3.47. The van der Waals surface area contributed by atoms with Crippen LogP contribution >= 0.6 is 11.3 Å². The average Bonchev–Trinajstić information content (AvgIpc) is 2.74. The quantitative estimate of drug-likeness (QED) is 0.748. The van der Waals surface area contributed by atoms with Crippen molar-refractivity contribution in [2.24, 2.45) is 5.73 Å². The van der Waals surface area contributed by atoms with E-state index >= 15 is 0 Å². The second-order valence-electron chi connectivity index (χ2n) is 4.94. The summed E-state index contributed by atoms with van der Waals surface area (Å²) in [5, 5.41) is 6.74. The van der Waals surface area contributed by atoms with Crippen molar-refractivity contribution in [3.05, 3.63) is 16.6 Å². The Balaban J connectivity index is 1.61. The molecule has 0 saturated heterocycles. The van der Waals surface area contributed by atoms with E-state index in [1.54, 1.807) is 11.3 Å². The first-order chi connectivity index (χ1) is 7.70. The lowest BCUT2D eigenvalue weighted by atomic mass is 9.75. The van der Waals surface area contributed by atoms with Crippen LogP contribution < -0.4 is 11.1 Å². The van der Waals surface area contributed by atoms with Crippen LogP contribution in [-0.2, 0) is 0 Å². The maximum absolute atomic E-state index is 6.16. The Labute approximate surface area is 101 Å². The lowest BCUT2D eigenvalue weighted by Crippen LogP contribution is -2.48. The Kier molecular flexibility index (Phi) is 3.95. The molecule has 1 saturated carbocycles. The predicted octanol–water partition coefficient (Wildman–Crippen LogP) is 2.11. The molecule has 1 aromatic rings. The number of nitrogens with zero attached hydrogens (tertiary/aromatic N) is 1. The van der Waals surface area contributed by atoms with Crippen LogP contribution in [0.25, 0.3) is 0 Å². The number of rotatable bonds is 6. The van der Waals surface area contributed by atoms with Gasteiger partial charge in [0.1, 0.15) is 0 Å². The monoisotopic (exact) mass is 239 g/mol. The van der Waals surface area contributed by atoms with Crippen LogP contribution in [0.3, 0.4) is 0 Å². The maximum Gasteiger partial charge on any atom is 0.0965 e. The second kappa shape index (κ2) is 5.25. The molecule has 1 unspecified atom stereocenters. The first kappa shape index (κ1) is 12.0. The Bertz CT molecular complexity index is 306. The van der Waals surface area contributed by atoms with Gasteiger partial charge in [-0.2, -0.15) is 0 Å². The highest BCUT2D eigenvalue weighted by Gasteiger charge is 2.31. The van der Waals surface area contributed by atoms with Crippen molar-refractivity contribution < 1.29 is 0 Å². The number of nitrogens with two attached hydrogens (primary N) is 1. The van der Waals surface area contributed by atoms with Crippen LogP contribution in [0.15, 0.2) is 11.6 Å². The van der Waals surface area contributed by atoms with Gasteiger partial charge in [0.2, 0.25) is 0 Å². The number of thiazole rings is 1.